The van der Waals surface area contributed by atoms with Crippen LogP contribution in [0.25, 0.3) is 0 Å². The highest BCUT2D eigenvalue weighted by Gasteiger charge is 2.30. The molecule has 0 bridgehead atoms. The molecule has 3 heteroatoms. The molecule has 0 amide bonds. The van der Waals surface area contributed by atoms with Crippen LogP contribution < -0.4 is 9.47 Å². The largest absolute Gasteiger partial charge is 0.493 e. The monoisotopic (exact) mass is 275 g/mol. The first kappa shape index (κ1) is 13.7. The summed E-state index contributed by atoms with van der Waals surface area (Å²) in [6.45, 7) is 6.19. The van der Waals surface area contributed by atoms with Gasteiger partial charge in [-0.2, -0.15) is 0 Å². The lowest BCUT2D eigenvalue weighted by Gasteiger charge is -2.22. The maximum Gasteiger partial charge on any atom is 0.123 e. The van der Waals surface area contributed by atoms with Crippen LogP contribution in [0.2, 0.25) is 0 Å². The predicted molar refractivity (Wildman–Crippen MR) is 80.7 cm³/mol. The van der Waals surface area contributed by atoms with Gasteiger partial charge < -0.3 is 14.4 Å². The second-order valence-corrected chi connectivity index (χ2v) is 6.39. The molecule has 0 unspecified atom stereocenters. The SMILES string of the molecule is CC(C)Oc1ccc2c(c1)[C@@H](C[C@H]1CCCN1C)CO2. The van der Waals surface area contributed by atoms with Crippen LogP contribution in [0.1, 0.15) is 44.6 Å². The number of hydrogen-bond acceptors (Lipinski definition) is 3. The van der Waals surface area contributed by atoms with Crippen LogP contribution in [0, 0.1) is 0 Å². The zero-order valence-corrected chi connectivity index (χ0v) is 12.8. The quantitative estimate of drug-likeness (QED) is 0.840. The molecule has 1 fully saturated rings. The summed E-state index contributed by atoms with van der Waals surface area (Å²) in [6, 6.07) is 6.97. The van der Waals surface area contributed by atoms with E-state index in [1.165, 1.54) is 31.4 Å². The Morgan fingerprint density at radius 2 is 2.25 bits per heavy atom. The number of hydrogen-bond donors (Lipinski definition) is 0. The van der Waals surface area contributed by atoms with Crippen molar-refractivity contribution < 1.29 is 9.47 Å². The zero-order valence-electron chi connectivity index (χ0n) is 12.8. The molecule has 2 heterocycles. The standard InChI is InChI=1S/C17H25NO2/c1-12(2)20-15-6-7-17-16(10-15)13(11-19-17)9-14-5-4-8-18(14)3/h6-7,10,12-14H,4-5,8-9,11H2,1-3H3/t13-,14+/m0/s1. The van der Waals surface area contributed by atoms with Gasteiger partial charge in [0, 0.05) is 17.5 Å². The molecule has 1 aromatic rings. The second-order valence-electron chi connectivity index (χ2n) is 6.39. The molecular formula is C17H25NO2. The van der Waals surface area contributed by atoms with E-state index in [4.69, 9.17) is 9.47 Å². The molecule has 0 aliphatic carbocycles. The van der Waals surface area contributed by atoms with Crippen LogP contribution in [-0.2, 0) is 0 Å². The molecule has 0 N–H and O–H groups in total. The van der Waals surface area contributed by atoms with E-state index in [-0.39, 0.29) is 6.10 Å². The summed E-state index contributed by atoms with van der Waals surface area (Å²) in [5, 5.41) is 0. The lowest BCUT2D eigenvalue weighted by Crippen LogP contribution is -2.27. The third-order valence-corrected chi connectivity index (χ3v) is 4.46. The molecular weight excluding hydrogens is 250 g/mol. The molecule has 20 heavy (non-hydrogen) atoms. The number of fused-ring (bicyclic) bond motifs is 1. The molecule has 3 rings (SSSR count). The maximum atomic E-state index is 5.84. The van der Waals surface area contributed by atoms with Crippen LogP contribution in [0.4, 0.5) is 0 Å². The van der Waals surface area contributed by atoms with Gasteiger partial charge in [-0.1, -0.05) is 0 Å². The molecule has 1 saturated heterocycles. The summed E-state index contributed by atoms with van der Waals surface area (Å²) in [6.07, 6.45) is 4.08. The maximum absolute atomic E-state index is 5.84. The Balaban J connectivity index is 1.74. The van der Waals surface area contributed by atoms with Crippen molar-refractivity contribution in [2.45, 2.75) is 51.2 Å². The van der Waals surface area contributed by atoms with E-state index in [1.54, 1.807) is 0 Å². The van der Waals surface area contributed by atoms with Crippen LogP contribution in [0.3, 0.4) is 0 Å². The van der Waals surface area contributed by atoms with Gasteiger partial charge >= 0.3 is 0 Å². The highest BCUT2D eigenvalue weighted by molar-refractivity contribution is 5.45. The minimum atomic E-state index is 0.217. The Labute approximate surface area is 121 Å². The first-order valence-electron chi connectivity index (χ1n) is 7.77. The first-order valence-corrected chi connectivity index (χ1v) is 7.77. The number of benzene rings is 1. The summed E-state index contributed by atoms with van der Waals surface area (Å²) >= 11 is 0. The van der Waals surface area contributed by atoms with Crippen molar-refractivity contribution in [3.05, 3.63) is 23.8 Å². The van der Waals surface area contributed by atoms with E-state index >= 15 is 0 Å². The molecule has 110 valence electrons. The van der Waals surface area contributed by atoms with Crippen molar-refractivity contribution in [1.29, 1.82) is 0 Å². The van der Waals surface area contributed by atoms with Crippen LogP contribution in [0.15, 0.2) is 18.2 Å². The second kappa shape index (κ2) is 5.65. The van der Waals surface area contributed by atoms with Crippen molar-refractivity contribution in [2.75, 3.05) is 20.2 Å². The molecule has 0 saturated carbocycles. The van der Waals surface area contributed by atoms with Gasteiger partial charge in [-0.15, -0.1) is 0 Å². The van der Waals surface area contributed by atoms with Gasteiger partial charge in [-0.05, 0) is 64.9 Å². The number of rotatable bonds is 4. The highest BCUT2D eigenvalue weighted by Crippen LogP contribution is 2.40. The summed E-state index contributed by atoms with van der Waals surface area (Å²) in [5.74, 6) is 2.53. The molecule has 0 spiro atoms. The van der Waals surface area contributed by atoms with Gasteiger partial charge in [0.1, 0.15) is 11.5 Å². The van der Waals surface area contributed by atoms with Crippen molar-refractivity contribution in [3.63, 3.8) is 0 Å². The average Bonchev–Trinajstić information content (AvgIpc) is 2.97. The van der Waals surface area contributed by atoms with Gasteiger partial charge in [-0.3, -0.25) is 0 Å². The minimum absolute atomic E-state index is 0.217. The Morgan fingerprint density at radius 1 is 1.40 bits per heavy atom. The van der Waals surface area contributed by atoms with Crippen LogP contribution >= 0.6 is 0 Å². The van der Waals surface area contributed by atoms with Crippen LogP contribution in [0.5, 0.6) is 11.5 Å². The minimum Gasteiger partial charge on any atom is -0.493 e. The van der Waals surface area contributed by atoms with E-state index in [2.05, 4.69) is 37.9 Å². The van der Waals surface area contributed by atoms with E-state index in [9.17, 15) is 0 Å². The predicted octanol–water partition coefficient (Wildman–Crippen LogP) is 3.43. The van der Waals surface area contributed by atoms with Crippen molar-refractivity contribution in [1.82, 2.24) is 4.90 Å². The third-order valence-electron chi connectivity index (χ3n) is 4.46. The van der Waals surface area contributed by atoms with Gasteiger partial charge in [0.2, 0.25) is 0 Å². The number of ether oxygens (including phenoxy) is 2. The lowest BCUT2D eigenvalue weighted by atomic mass is 9.93. The topological polar surface area (TPSA) is 21.7 Å². The van der Waals surface area contributed by atoms with E-state index in [1.807, 2.05) is 6.07 Å². The van der Waals surface area contributed by atoms with Crippen LogP contribution in [-0.4, -0.2) is 37.2 Å². The van der Waals surface area contributed by atoms with Gasteiger partial charge in [-0.25, -0.2) is 0 Å². The molecule has 2 aliphatic rings. The normalized spacial score (nSPS) is 25.8. The number of nitrogens with zero attached hydrogens (tertiary/aromatic N) is 1. The molecule has 0 radical (unpaired) electrons. The molecule has 2 aliphatic heterocycles. The molecule has 1 aromatic carbocycles. The van der Waals surface area contributed by atoms with Gasteiger partial charge in [0.25, 0.3) is 0 Å². The van der Waals surface area contributed by atoms with Gasteiger partial charge in [0.15, 0.2) is 0 Å². The smallest absolute Gasteiger partial charge is 0.123 e. The fourth-order valence-corrected chi connectivity index (χ4v) is 3.40. The first-order chi connectivity index (χ1) is 9.63. The molecule has 2 atom stereocenters. The van der Waals surface area contributed by atoms with Crippen molar-refractivity contribution >= 4 is 0 Å². The van der Waals surface area contributed by atoms with Gasteiger partial charge in [0.05, 0.1) is 12.7 Å². The Kier molecular flexibility index (Phi) is 3.88. The lowest BCUT2D eigenvalue weighted by molar-refractivity contribution is 0.242. The highest BCUT2D eigenvalue weighted by atomic mass is 16.5. The molecule has 3 nitrogen and oxygen atoms in total. The Bertz CT molecular complexity index is 472. The molecule has 0 aromatic heterocycles. The van der Waals surface area contributed by atoms with Crippen molar-refractivity contribution in [3.8, 4) is 11.5 Å². The fourth-order valence-electron chi connectivity index (χ4n) is 3.40. The fraction of sp³-hybridized carbons (Fsp3) is 0.647. The average molecular weight is 275 g/mol. The van der Waals surface area contributed by atoms with E-state index < -0.39 is 0 Å². The van der Waals surface area contributed by atoms with E-state index in [0.29, 0.717) is 12.0 Å². The van der Waals surface area contributed by atoms with E-state index in [0.717, 1.165) is 18.1 Å². The summed E-state index contributed by atoms with van der Waals surface area (Å²) in [7, 11) is 2.24. The summed E-state index contributed by atoms with van der Waals surface area (Å²) in [5.41, 5.74) is 1.34. The summed E-state index contributed by atoms with van der Waals surface area (Å²) < 4.78 is 11.7. The zero-order chi connectivity index (χ0) is 14.1. The Morgan fingerprint density at radius 3 is 2.95 bits per heavy atom. The third kappa shape index (κ3) is 2.78. The van der Waals surface area contributed by atoms with Crippen molar-refractivity contribution in [2.24, 2.45) is 0 Å². The number of likely N-dealkylation sites (tertiary alicyclic amines) is 1. The Hall–Kier alpha value is -1.22. The summed E-state index contributed by atoms with van der Waals surface area (Å²) in [4.78, 5) is 2.49.